The molecular weight excluding hydrogens is 216 g/mol. The average molecular weight is 230 g/mol. The number of carboxylic acids is 1. The molecule has 2 aromatic rings. The second-order valence-electron chi connectivity index (χ2n) is 4.12. The predicted molar refractivity (Wildman–Crippen MR) is 64.8 cm³/mol. The van der Waals surface area contributed by atoms with Crippen LogP contribution in [0.25, 0.3) is 11.3 Å². The molecule has 0 fully saturated rings. The van der Waals surface area contributed by atoms with Crippen LogP contribution < -0.4 is 0 Å². The monoisotopic (exact) mass is 230 g/mol. The Hall–Kier alpha value is -2.10. The minimum Gasteiger partial charge on any atom is -0.480 e. The van der Waals surface area contributed by atoms with Crippen LogP contribution in [0.2, 0.25) is 0 Å². The number of carbonyl (C=O) groups is 1. The van der Waals surface area contributed by atoms with Crippen LogP contribution in [0.5, 0.6) is 0 Å². The second-order valence-corrected chi connectivity index (χ2v) is 4.12. The third-order valence-corrected chi connectivity index (χ3v) is 2.69. The van der Waals surface area contributed by atoms with Crippen molar-refractivity contribution in [2.45, 2.75) is 20.4 Å². The van der Waals surface area contributed by atoms with Crippen molar-refractivity contribution >= 4 is 5.97 Å². The minimum absolute atomic E-state index is 0.0668. The molecular formula is C13H14N2O2. The summed E-state index contributed by atoms with van der Waals surface area (Å²) in [5, 5.41) is 8.83. The maximum Gasteiger partial charge on any atom is 0.323 e. The SMILES string of the molecule is Cc1ccc(C)c(-c2cncn2CC(=O)O)c1. The standard InChI is InChI=1S/C13H14N2O2/c1-9-3-4-10(2)11(5-9)12-6-14-8-15(12)7-13(16)17/h3-6,8H,7H2,1-2H3,(H,16,17). The molecule has 0 aliphatic carbocycles. The van der Waals surface area contributed by atoms with E-state index in [0.717, 1.165) is 22.4 Å². The first-order chi connectivity index (χ1) is 8.08. The van der Waals surface area contributed by atoms with Gasteiger partial charge in [-0.3, -0.25) is 4.79 Å². The molecule has 1 heterocycles. The Morgan fingerprint density at radius 2 is 2.18 bits per heavy atom. The topological polar surface area (TPSA) is 55.1 Å². The molecule has 0 unspecified atom stereocenters. The van der Waals surface area contributed by atoms with Crippen molar-refractivity contribution in [3.05, 3.63) is 41.9 Å². The van der Waals surface area contributed by atoms with Gasteiger partial charge in [-0.15, -0.1) is 0 Å². The highest BCUT2D eigenvalue weighted by molar-refractivity contribution is 5.70. The van der Waals surface area contributed by atoms with Crippen molar-refractivity contribution in [3.63, 3.8) is 0 Å². The fraction of sp³-hybridized carbons (Fsp3) is 0.231. The molecule has 1 aromatic carbocycles. The van der Waals surface area contributed by atoms with Gasteiger partial charge in [0.25, 0.3) is 0 Å². The molecule has 0 atom stereocenters. The van der Waals surface area contributed by atoms with E-state index < -0.39 is 5.97 Å². The average Bonchev–Trinajstić information content (AvgIpc) is 2.69. The number of imidazole rings is 1. The van der Waals surface area contributed by atoms with Crippen LogP contribution in [0.15, 0.2) is 30.7 Å². The summed E-state index contributed by atoms with van der Waals surface area (Å²) in [7, 11) is 0. The van der Waals surface area contributed by atoms with Crippen LogP contribution in [0.4, 0.5) is 0 Å². The van der Waals surface area contributed by atoms with Gasteiger partial charge >= 0.3 is 5.97 Å². The number of nitrogens with zero attached hydrogens (tertiary/aromatic N) is 2. The van der Waals surface area contributed by atoms with Crippen molar-refractivity contribution in [2.24, 2.45) is 0 Å². The summed E-state index contributed by atoms with van der Waals surface area (Å²) < 4.78 is 1.64. The minimum atomic E-state index is -0.866. The molecule has 4 nitrogen and oxygen atoms in total. The van der Waals surface area contributed by atoms with E-state index in [1.807, 2.05) is 32.0 Å². The van der Waals surface area contributed by atoms with Gasteiger partial charge in [-0.2, -0.15) is 0 Å². The highest BCUT2D eigenvalue weighted by Gasteiger charge is 2.10. The summed E-state index contributed by atoms with van der Waals surface area (Å²) >= 11 is 0. The van der Waals surface area contributed by atoms with E-state index in [0.29, 0.717) is 0 Å². The molecule has 1 aromatic heterocycles. The van der Waals surface area contributed by atoms with Gasteiger partial charge in [-0.1, -0.05) is 17.7 Å². The third-order valence-electron chi connectivity index (χ3n) is 2.69. The Balaban J connectivity index is 2.49. The van der Waals surface area contributed by atoms with E-state index in [-0.39, 0.29) is 6.54 Å². The van der Waals surface area contributed by atoms with Gasteiger partial charge in [0.2, 0.25) is 0 Å². The Labute approximate surface area is 99.5 Å². The number of rotatable bonds is 3. The lowest BCUT2D eigenvalue weighted by atomic mass is 10.0. The van der Waals surface area contributed by atoms with E-state index in [1.54, 1.807) is 17.1 Å². The second kappa shape index (κ2) is 4.41. The normalized spacial score (nSPS) is 10.5. The molecule has 0 aliphatic heterocycles. The number of aliphatic carboxylic acids is 1. The Bertz CT molecular complexity index is 558. The highest BCUT2D eigenvalue weighted by atomic mass is 16.4. The fourth-order valence-electron chi connectivity index (χ4n) is 1.83. The van der Waals surface area contributed by atoms with Gasteiger partial charge in [0.15, 0.2) is 0 Å². The molecule has 1 N–H and O–H groups in total. The first-order valence-electron chi connectivity index (χ1n) is 5.37. The molecule has 0 aliphatic rings. The molecule has 0 saturated carbocycles. The summed E-state index contributed by atoms with van der Waals surface area (Å²) in [6.45, 7) is 3.95. The smallest absolute Gasteiger partial charge is 0.323 e. The van der Waals surface area contributed by atoms with Crippen molar-refractivity contribution in [2.75, 3.05) is 0 Å². The molecule has 88 valence electrons. The van der Waals surface area contributed by atoms with E-state index in [2.05, 4.69) is 4.98 Å². The van der Waals surface area contributed by atoms with Crippen molar-refractivity contribution in [1.82, 2.24) is 9.55 Å². The molecule has 0 spiro atoms. The number of benzene rings is 1. The Kier molecular flexibility index (Phi) is 2.95. The zero-order valence-corrected chi connectivity index (χ0v) is 9.84. The van der Waals surface area contributed by atoms with Crippen LogP contribution in [0.1, 0.15) is 11.1 Å². The fourth-order valence-corrected chi connectivity index (χ4v) is 1.83. The largest absolute Gasteiger partial charge is 0.480 e. The van der Waals surface area contributed by atoms with Crippen molar-refractivity contribution in [3.8, 4) is 11.3 Å². The van der Waals surface area contributed by atoms with Crippen molar-refractivity contribution in [1.29, 1.82) is 0 Å². The molecule has 0 bridgehead atoms. The van der Waals surface area contributed by atoms with Crippen LogP contribution in [0, 0.1) is 13.8 Å². The lowest BCUT2D eigenvalue weighted by molar-refractivity contribution is -0.137. The van der Waals surface area contributed by atoms with Crippen molar-refractivity contribution < 1.29 is 9.90 Å². The summed E-state index contributed by atoms with van der Waals surface area (Å²) in [5.41, 5.74) is 4.13. The molecule has 0 radical (unpaired) electrons. The van der Waals surface area contributed by atoms with Gasteiger partial charge < -0.3 is 9.67 Å². The van der Waals surface area contributed by atoms with Gasteiger partial charge in [-0.25, -0.2) is 4.98 Å². The summed E-state index contributed by atoms with van der Waals surface area (Å²) in [5.74, 6) is -0.866. The zero-order valence-electron chi connectivity index (χ0n) is 9.84. The van der Waals surface area contributed by atoms with E-state index in [4.69, 9.17) is 5.11 Å². The van der Waals surface area contributed by atoms with E-state index >= 15 is 0 Å². The maximum atomic E-state index is 10.8. The number of aryl methyl sites for hydroxylation is 2. The number of hydrogen-bond donors (Lipinski definition) is 1. The predicted octanol–water partition coefficient (Wildman–Crippen LogP) is 2.25. The lowest BCUT2D eigenvalue weighted by Crippen LogP contribution is -2.09. The Morgan fingerprint density at radius 1 is 1.41 bits per heavy atom. The van der Waals surface area contributed by atoms with Gasteiger partial charge in [0.1, 0.15) is 6.54 Å². The van der Waals surface area contributed by atoms with Gasteiger partial charge in [0.05, 0.1) is 18.2 Å². The summed E-state index contributed by atoms with van der Waals surface area (Å²) in [6, 6.07) is 6.12. The van der Waals surface area contributed by atoms with Crippen LogP contribution in [-0.2, 0) is 11.3 Å². The van der Waals surface area contributed by atoms with Gasteiger partial charge in [0, 0.05) is 5.56 Å². The number of hydrogen-bond acceptors (Lipinski definition) is 2. The lowest BCUT2D eigenvalue weighted by Gasteiger charge is -2.09. The summed E-state index contributed by atoms with van der Waals surface area (Å²) in [4.78, 5) is 14.8. The highest BCUT2D eigenvalue weighted by Crippen LogP contribution is 2.24. The first kappa shape index (κ1) is 11.4. The summed E-state index contributed by atoms with van der Waals surface area (Å²) in [6.07, 6.45) is 3.25. The molecule has 0 amide bonds. The quantitative estimate of drug-likeness (QED) is 0.879. The van der Waals surface area contributed by atoms with Crippen LogP contribution in [0.3, 0.4) is 0 Å². The molecule has 2 rings (SSSR count). The van der Waals surface area contributed by atoms with Gasteiger partial charge in [-0.05, 0) is 25.5 Å². The van der Waals surface area contributed by atoms with Crippen LogP contribution in [-0.4, -0.2) is 20.6 Å². The van der Waals surface area contributed by atoms with E-state index in [1.165, 1.54) is 0 Å². The maximum absolute atomic E-state index is 10.8. The number of carboxylic acid groups (broad SMARTS) is 1. The molecule has 4 heteroatoms. The van der Waals surface area contributed by atoms with E-state index in [9.17, 15) is 4.79 Å². The molecule has 0 saturated heterocycles. The zero-order chi connectivity index (χ0) is 12.4. The first-order valence-corrected chi connectivity index (χ1v) is 5.37. The third kappa shape index (κ3) is 2.36. The molecule has 17 heavy (non-hydrogen) atoms. The van der Waals surface area contributed by atoms with Crippen LogP contribution >= 0.6 is 0 Å². The Morgan fingerprint density at radius 3 is 2.88 bits per heavy atom. The number of aromatic nitrogens is 2.